The van der Waals surface area contributed by atoms with E-state index in [9.17, 15) is 4.39 Å². The van der Waals surface area contributed by atoms with Gasteiger partial charge in [0.05, 0.1) is 0 Å². The molecule has 0 amide bonds. The standard InChI is InChI=1S/C6H3BClF.C6H6BClO2/c7-5-2-1-4(8)3-6(5)9;8-6-3-1-5(2-4-6)7(9)10/h1-3H;1-4,9-10H. The van der Waals surface area contributed by atoms with Crippen molar-refractivity contribution in [2.75, 3.05) is 0 Å². The molecule has 2 N–H and O–H groups in total. The van der Waals surface area contributed by atoms with Crippen LogP contribution in [0.25, 0.3) is 0 Å². The smallest absolute Gasteiger partial charge is 0.423 e. The summed E-state index contributed by atoms with van der Waals surface area (Å²) in [6.45, 7) is 0. The van der Waals surface area contributed by atoms with Crippen molar-refractivity contribution in [2.24, 2.45) is 0 Å². The molecular weight excluding hydrogens is 288 g/mol. The zero-order chi connectivity index (χ0) is 14.4. The van der Waals surface area contributed by atoms with Crippen LogP contribution < -0.4 is 10.9 Å². The maximum Gasteiger partial charge on any atom is 0.488 e. The third kappa shape index (κ3) is 5.66. The Morgan fingerprint density at radius 2 is 1.47 bits per heavy atom. The second kappa shape index (κ2) is 7.56. The van der Waals surface area contributed by atoms with Gasteiger partial charge in [0, 0.05) is 10.0 Å². The average molecular weight is 297 g/mol. The van der Waals surface area contributed by atoms with Gasteiger partial charge in [-0.1, -0.05) is 46.9 Å². The summed E-state index contributed by atoms with van der Waals surface area (Å²) in [5, 5.41) is 18.2. The molecule has 0 unspecified atom stereocenters. The minimum atomic E-state index is -1.41. The highest BCUT2D eigenvalue weighted by Gasteiger charge is 2.08. The Bertz CT molecular complexity index is 536. The number of benzene rings is 2. The average Bonchev–Trinajstić information content (AvgIpc) is 2.35. The van der Waals surface area contributed by atoms with E-state index in [0.717, 1.165) is 0 Å². The minimum Gasteiger partial charge on any atom is -0.423 e. The lowest BCUT2D eigenvalue weighted by Crippen LogP contribution is -2.29. The highest BCUT2D eigenvalue weighted by molar-refractivity contribution is 6.58. The fourth-order valence-electron chi connectivity index (χ4n) is 1.14. The van der Waals surface area contributed by atoms with Crippen molar-refractivity contribution in [1.29, 1.82) is 0 Å². The molecule has 2 nitrogen and oxygen atoms in total. The summed E-state index contributed by atoms with van der Waals surface area (Å²) >= 11 is 11.0. The number of rotatable bonds is 1. The molecule has 96 valence electrons. The molecule has 0 aliphatic heterocycles. The maximum atomic E-state index is 12.4. The van der Waals surface area contributed by atoms with Gasteiger partial charge in [0.2, 0.25) is 0 Å². The summed E-state index contributed by atoms with van der Waals surface area (Å²) < 4.78 is 12.4. The normalized spacial score (nSPS) is 9.53. The molecule has 2 aromatic rings. The van der Waals surface area contributed by atoms with Crippen LogP contribution in [0.2, 0.25) is 10.0 Å². The fraction of sp³-hybridized carbons (Fsp3) is 0. The molecule has 0 saturated carbocycles. The Labute approximate surface area is 122 Å². The topological polar surface area (TPSA) is 40.5 Å². The molecule has 2 aromatic carbocycles. The van der Waals surface area contributed by atoms with Gasteiger partial charge < -0.3 is 10.0 Å². The Morgan fingerprint density at radius 3 is 1.89 bits per heavy atom. The third-order valence-corrected chi connectivity index (χ3v) is 2.62. The molecule has 2 rings (SSSR count). The molecule has 0 spiro atoms. The quantitative estimate of drug-likeness (QED) is 0.779. The van der Waals surface area contributed by atoms with Crippen LogP contribution >= 0.6 is 23.2 Å². The Morgan fingerprint density at radius 1 is 0.947 bits per heavy atom. The molecule has 0 aliphatic carbocycles. The first-order valence-electron chi connectivity index (χ1n) is 5.22. The van der Waals surface area contributed by atoms with Crippen LogP contribution in [0.3, 0.4) is 0 Å². The first-order valence-corrected chi connectivity index (χ1v) is 5.98. The van der Waals surface area contributed by atoms with E-state index in [0.29, 0.717) is 15.5 Å². The molecule has 2 radical (unpaired) electrons. The molecule has 19 heavy (non-hydrogen) atoms. The van der Waals surface area contributed by atoms with E-state index in [1.807, 2.05) is 0 Å². The summed E-state index contributed by atoms with van der Waals surface area (Å²) in [6, 6.07) is 10.5. The van der Waals surface area contributed by atoms with Gasteiger partial charge in [-0.15, -0.1) is 0 Å². The maximum absolute atomic E-state index is 12.4. The molecule has 0 heterocycles. The first-order chi connectivity index (χ1) is 8.90. The summed E-state index contributed by atoms with van der Waals surface area (Å²) in [7, 11) is 3.75. The first kappa shape index (κ1) is 16.1. The van der Waals surface area contributed by atoms with Crippen LogP contribution in [0.5, 0.6) is 0 Å². The number of halogens is 3. The van der Waals surface area contributed by atoms with Gasteiger partial charge in [-0.2, -0.15) is 0 Å². The largest absolute Gasteiger partial charge is 0.488 e. The second-order valence-corrected chi connectivity index (χ2v) is 4.46. The molecule has 0 atom stereocenters. The highest BCUT2D eigenvalue weighted by Crippen LogP contribution is 2.06. The number of hydrogen-bond donors (Lipinski definition) is 2. The molecule has 0 fully saturated rings. The fourth-order valence-corrected chi connectivity index (χ4v) is 1.42. The Balaban J connectivity index is 0.000000191. The summed E-state index contributed by atoms with van der Waals surface area (Å²) in [6.07, 6.45) is 0. The summed E-state index contributed by atoms with van der Waals surface area (Å²) in [4.78, 5) is 0. The van der Waals surface area contributed by atoms with Gasteiger partial charge in [0.1, 0.15) is 13.7 Å². The van der Waals surface area contributed by atoms with Crippen LogP contribution in [-0.2, 0) is 0 Å². The lowest BCUT2D eigenvalue weighted by atomic mass is 9.81. The monoisotopic (exact) mass is 296 g/mol. The van der Waals surface area contributed by atoms with E-state index < -0.39 is 12.9 Å². The van der Waals surface area contributed by atoms with Gasteiger partial charge in [0.25, 0.3) is 0 Å². The molecule has 0 aromatic heterocycles. The van der Waals surface area contributed by atoms with Crippen LogP contribution in [0.4, 0.5) is 4.39 Å². The van der Waals surface area contributed by atoms with Gasteiger partial charge in [-0.3, -0.25) is 0 Å². The van der Waals surface area contributed by atoms with Gasteiger partial charge in [0.15, 0.2) is 0 Å². The number of hydrogen-bond acceptors (Lipinski definition) is 2. The van der Waals surface area contributed by atoms with Crippen molar-refractivity contribution in [3.8, 4) is 0 Å². The molecule has 0 aliphatic rings. The van der Waals surface area contributed by atoms with Crippen molar-refractivity contribution in [2.45, 2.75) is 0 Å². The molecule has 7 heteroatoms. The van der Waals surface area contributed by atoms with Gasteiger partial charge in [-0.05, 0) is 29.7 Å². The SMILES string of the molecule is OB(O)c1ccc(Cl)cc1.[B]c1ccc(Cl)cc1F. The minimum absolute atomic E-state index is 0.124. The van der Waals surface area contributed by atoms with Crippen LogP contribution in [0.15, 0.2) is 42.5 Å². The van der Waals surface area contributed by atoms with E-state index in [4.69, 9.17) is 41.1 Å². The molecule has 0 saturated heterocycles. The van der Waals surface area contributed by atoms with E-state index in [1.165, 1.54) is 12.1 Å². The van der Waals surface area contributed by atoms with E-state index in [1.54, 1.807) is 30.3 Å². The van der Waals surface area contributed by atoms with E-state index in [-0.39, 0.29) is 5.46 Å². The highest BCUT2D eigenvalue weighted by atomic mass is 35.5. The zero-order valence-electron chi connectivity index (χ0n) is 9.72. The van der Waals surface area contributed by atoms with E-state index in [2.05, 4.69) is 0 Å². The van der Waals surface area contributed by atoms with Crippen LogP contribution in [-0.4, -0.2) is 25.0 Å². The van der Waals surface area contributed by atoms with Crippen molar-refractivity contribution >= 4 is 49.1 Å². The predicted octanol–water partition coefficient (Wildman–Crippen LogP) is 1.29. The lowest BCUT2D eigenvalue weighted by molar-refractivity contribution is 0.426. The third-order valence-electron chi connectivity index (χ3n) is 2.13. The second-order valence-electron chi connectivity index (χ2n) is 3.59. The molecule has 0 bridgehead atoms. The van der Waals surface area contributed by atoms with Crippen LogP contribution in [0.1, 0.15) is 0 Å². The predicted molar refractivity (Wildman–Crippen MR) is 78.1 cm³/mol. The zero-order valence-corrected chi connectivity index (χ0v) is 11.2. The van der Waals surface area contributed by atoms with Crippen LogP contribution in [0, 0.1) is 5.82 Å². The van der Waals surface area contributed by atoms with Gasteiger partial charge >= 0.3 is 7.12 Å². The van der Waals surface area contributed by atoms with Crippen molar-refractivity contribution in [3.05, 3.63) is 58.3 Å². The van der Waals surface area contributed by atoms with Crippen molar-refractivity contribution in [1.82, 2.24) is 0 Å². The lowest BCUT2D eigenvalue weighted by Gasteiger charge is -1.96. The Hall–Kier alpha value is -1.00. The molecular formula is C12H9B2Cl2FO2. The Kier molecular flexibility index (Phi) is 6.38. The summed E-state index contributed by atoms with van der Waals surface area (Å²) in [5.41, 5.74) is 0.573. The van der Waals surface area contributed by atoms with E-state index >= 15 is 0 Å². The summed E-state index contributed by atoms with van der Waals surface area (Å²) in [5.74, 6) is -0.470. The van der Waals surface area contributed by atoms with Crippen molar-refractivity contribution < 1.29 is 14.4 Å². The van der Waals surface area contributed by atoms with Crippen molar-refractivity contribution in [3.63, 3.8) is 0 Å². The van der Waals surface area contributed by atoms with Gasteiger partial charge in [-0.25, -0.2) is 4.39 Å².